The summed E-state index contributed by atoms with van der Waals surface area (Å²) in [4.78, 5) is 0. The standard InChI is InChI=1S/C15H20F3N/c1-2-19-14-6-4-3-5-13(14)11-7-9-12(10-8-11)15(16,17)18/h7-10,13-14,19H,2-6H2,1H3. The lowest BCUT2D eigenvalue weighted by atomic mass is 9.80. The third-order valence-electron chi connectivity index (χ3n) is 3.90. The molecule has 1 fully saturated rings. The van der Waals surface area contributed by atoms with Gasteiger partial charge in [-0.25, -0.2) is 0 Å². The monoisotopic (exact) mass is 271 g/mol. The van der Waals surface area contributed by atoms with Crippen molar-refractivity contribution in [3.05, 3.63) is 35.4 Å². The molecule has 1 aliphatic rings. The van der Waals surface area contributed by atoms with Crippen LogP contribution < -0.4 is 5.32 Å². The Morgan fingerprint density at radius 1 is 1.11 bits per heavy atom. The second-order valence-electron chi connectivity index (χ2n) is 5.17. The first kappa shape index (κ1) is 14.4. The molecule has 2 unspecified atom stereocenters. The van der Waals surface area contributed by atoms with Crippen LogP contribution in [0.25, 0.3) is 0 Å². The number of halogens is 3. The van der Waals surface area contributed by atoms with E-state index in [1.54, 1.807) is 12.1 Å². The molecule has 0 heterocycles. The molecule has 0 aliphatic heterocycles. The summed E-state index contributed by atoms with van der Waals surface area (Å²) in [5.74, 6) is 0.344. The highest BCUT2D eigenvalue weighted by atomic mass is 19.4. The van der Waals surface area contributed by atoms with Gasteiger partial charge >= 0.3 is 6.18 Å². The highest BCUT2D eigenvalue weighted by Crippen LogP contribution is 2.35. The van der Waals surface area contributed by atoms with Crippen molar-refractivity contribution in [2.24, 2.45) is 0 Å². The van der Waals surface area contributed by atoms with Gasteiger partial charge in [0.15, 0.2) is 0 Å². The van der Waals surface area contributed by atoms with Crippen LogP contribution in [-0.4, -0.2) is 12.6 Å². The summed E-state index contributed by atoms with van der Waals surface area (Å²) >= 11 is 0. The zero-order valence-electron chi connectivity index (χ0n) is 11.1. The minimum absolute atomic E-state index is 0.344. The number of rotatable bonds is 3. The van der Waals surface area contributed by atoms with Crippen LogP contribution in [0.4, 0.5) is 13.2 Å². The van der Waals surface area contributed by atoms with Gasteiger partial charge in [-0.15, -0.1) is 0 Å². The van der Waals surface area contributed by atoms with Crippen molar-refractivity contribution in [2.75, 3.05) is 6.54 Å². The molecule has 1 nitrogen and oxygen atoms in total. The molecule has 0 saturated heterocycles. The Morgan fingerprint density at radius 3 is 2.32 bits per heavy atom. The largest absolute Gasteiger partial charge is 0.416 e. The van der Waals surface area contributed by atoms with Crippen LogP contribution in [0, 0.1) is 0 Å². The van der Waals surface area contributed by atoms with E-state index in [1.807, 2.05) is 0 Å². The van der Waals surface area contributed by atoms with Crippen LogP contribution >= 0.6 is 0 Å². The van der Waals surface area contributed by atoms with Gasteiger partial charge in [0, 0.05) is 6.04 Å². The highest BCUT2D eigenvalue weighted by molar-refractivity contribution is 5.28. The minimum atomic E-state index is -4.24. The average Bonchev–Trinajstić information content (AvgIpc) is 2.39. The molecule has 19 heavy (non-hydrogen) atoms. The molecule has 0 aromatic heterocycles. The van der Waals surface area contributed by atoms with E-state index in [1.165, 1.54) is 18.6 Å². The molecule has 1 aliphatic carbocycles. The number of hydrogen-bond acceptors (Lipinski definition) is 1. The van der Waals surface area contributed by atoms with E-state index in [0.717, 1.165) is 31.4 Å². The third-order valence-corrected chi connectivity index (χ3v) is 3.90. The number of nitrogens with one attached hydrogen (secondary N) is 1. The molecule has 0 spiro atoms. The summed E-state index contributed by atoms with van der Waals surface area (Å²) in [6, 6.07) is 6.09. The second kappa shape index (κ2) is 5.95. The average molecular weight is 271 g/mol. The fourth-order valence-electron chi connectivity index (χ4n) is 2.96. The van der Waals surface area contributed by atoms with Gasteiger partial charge in [-0.1, -0.05) is 31.9 Å². The van der Waals surface area contributed by atoms with Crippen LogP contribution in [-0.2, 0) is 6.18 Å². The van der Waals surface area contributed by atoms with Gasteiger partial charge in [0.25, 0.3) is 0 Å². The zero-order valence-corrected chi connectivity index (χ0v) is 11.1. The second-order valence-corrected chi connectivity index (χ2v) is 5.17. The Bertz CT molecular complexity index is 395. The zero-order chi connectivity index (χ0) is 13.9. The normalized spacial score (nSPS) is 24.4. The van der Waals surface area contributed by atoms with Crippen LogP contribution in [0.15, 0.2) is 24.3 Å². The quantitative estimate of drug-likeness (QED) is 0.862. The Morgan fingerprint density at radius 2 is 1.74 bits per heavy atom. The van der Waals surface area contributed by atoms with Gasteiger partial charge in [-0.3, -0.25) is 0 Å². The highest BCUT2D eigenvalue weighted by Gasteiger charge is 2.31. The molecule has 2 rings (SSSR count). The maximum absolute atomic E-state index is 12.5. The summed E-state index contributed by atoms with van der Waals surface area (Å²) in [5.41, 5.74) is 0.464. The first-order valence-corrected chi connectivity index (χ1v) is 6.93. The molecule has 2 atom stereocenters. The third kappa shape index (κ3) is 3.50. The summed E-state index contributed by atoms with van der Waals surface area (Å²) in [6.07, 6.45) is 0.289. The molecule has 1 saturated carbocycles. The SMILES string of the molecule is CCNC1CCCCC1c1ccc(C(F)(F)F)cc1. The lowest BCUT2D eigenvalue weighted by Crippen LogP contribution is -2.37. The summed E-state index contributed by atoms with van der Waals surface area (Å²) < 4.78 is 37.6. The molecule has 1 aromatic carbocycles. The lowest BCUT2D eigenvalue weighted by Gasteiger charge is -2.32. The van der Waals surface area contributed by atoms with Crippen molar-refractivity contribution in [2.45, 2.75) is 50.7 Å². The van der Waals surface area contributed by atoms with Crippen LogP contribution in [0.5, 0.6) is 0 Å². The van der Waals surface area contributed by atoms with Crippen LogP contribution in [0.1, 0.15) is 49.7 Å². The van der Waals surface area contributed by atoms with Gasteiger partial charge in [-0.2, -0.15) is 13.2 Å². The number of alkyl halides is 3. The molecular formula is C15H20F3N. The summed E-state index contributed by atoms with van der Waals surface area (Å²) in [6.45, 7) is 2.97. The first-order chi connectivity index (χ1) is 9.02. The van der Waals surface area contributed by atoms with Gasteiger partial charge in [0.1, 0.15) is 0 Å². The topological polar surface area (TPSA) is 12.0 Å². The number of likely N-dealkylation sites (N-methyl/N-ethyl adjacent to an activating group) is 1. The minimum Gasteiger partial charge on any atom is -0.314 e. The van der Waals surface area contributed by atoms with Crippen molar-refractivity contribution in [3.8, 4) is 0 Å². The molecule has 0 bridgehead atoms. The molecular weight excluding hydrogens is 251 g/mol. The molecule has 1 aromatic rings. The molecule has 106 valence electrons. The first-order valence-electron chi connectivity index (χ1n) is 6.93. The molecule has 0 amide bonds. The summed E-state index contributed by atoms with van der Waals surface area (Å²) in [5, 5.41) is 3.46. The van der Waals surface area contributed by atoms with E-state index < -0.39 is 11.7 Å². The van der Waals surface area contributed by atoms with Crippen LogP contribution in [0.2, 0.25) is 0 Å². The fraction of sp³-hybridized carbons (Fsp3) is 0.600. The van der Waals surface area contributed by atoms with Crippen molar-refractivity contribution >= 4 is 0 Å². The van der Waals surface area contributed by atoms with Crippen molar-refractivity contribution < 1.29 is 13.2 Å². The Hall–Kier alpha value is -1.03. The van der Waals surface area contributed by atoms with E-state index >= 15 is 0 Å². The van der Waals surface area contributed by atoms with Crippen LogP contribution in [0.3, 0.4) is 0 Å². The predicted molar refractivity (Wildman–Crippen MR) is 70.1 cm³/mol. The van der Waals surface area contributed by atoms with E-state index in [-0.39, 0.29) is 0 Å². The fourth-order valence-corrected chi connectivity index (χ4v) is 2.96. The summed E-state index contributed by atoms with van der Waals surface area (Å²) in [7, 11) is 0. The van der Waals surface area contributed by atoms with Gasteiger partial charge in [-0.05, 0) is 43.0 Å². The smallest absolute Gasteiger partial charge is 0.314 e. The molecule has 1 N–H and O–H groups in total. The number of benzene rings is 1. The van der Waals surface area contributed by atoms with Crippen molar-refractivity contribution in [1.29, 1.82) is 0 Å². The van der Waals surface area contributed by atoms with Crippen molar-refractivity contribution in [3.63, 3.8) is 0 Å². The van der Waals surface area contributed by atoms with E-state index in [4.69, 9.17) is 0 Å². The lowest BCUT2D eigenvalue weighted by molar-refractivity contribution is -0.137. The maximum Gasteiger partial charge on any atom is 0.416 e. The van der Waals surface area contributed by atoms with E-state index in [9.17, 15) is 13.2 Å². The Kier molecular flexibility index (Phi) is 4.50. The maximum atomic E-state index is 12.5. The van der Waals surface area contributed by atoms with Crippen molar-refractivity contribution in [1.82, 2.24) is 5.32 Å². The van der Waals surface area contributed by atoms with Gasteiger partial charge < -0.3 is 5.32 Å². The predicted octanol–water partition coefficient (Wildman–Crippen LogP) is 4.34. The van der Waals surface area contributed by atoms with E-state index in [2.05, 4.69) is 12.2 Å². The van der Waals surface area contributed by atoms with Gasteiger partial charge in [0.05, 0.1) is 5.56 Å². The van der Waals surface area contributed by atoms with E-state index in [0.29, 0.717) is 12.0 Å². The molecule has 0 radical (unpaired) electrons. The van der Waals surface area contributed by atoms with Gasteiger partial charge in [0.2, 0.25) is 0 Å². The Labute approximate surface area is 112 Å². The molecule has 4 heteroatoms. The number of hydrogen-bond donors (Lipinski definition) is 1. The Balaban J connectivity index is 2.15.